The van der Waals surface area contributed by atoms with Gasteiger partial charge in [-0.1, -0.05) is 0 Å². The number of hydrogen-bond acceptors (Lipinski definition) is 8. The van der Waals surface area contributed by atoms with Crippen molar-refractivity contribution < 1.29 is 14.2 Å². The molecule has 0 fully saturated rings. The zero-order chi connectivity index (χ0) is 19.1. The first-order valence-electron chi connectivity index (χ1n) is 8.08. The van der Waals surface area contributed by atoms with Crippen molar-refractivity contribution >= 4 is 12.2 Å². The average Bonchev–Trinajstić information content (AvgIpc) is 2.74. The van der Waals surface area contributed by atoms with Crippen molar-refractivity contribution in [2.75, 3.05) is 26.8 Å². The molecule has 1 N–H and O–H groups in total. The second kappa shape index (κ2) is 8.61. The normalized spacial score (nSPS) is 10.6. The topological polar surface area (TPSA) is 90.8 Å². The van der Waals surface area contributed by atoms with Crippen LogP contribution in [-0.2, 0) is 0 Å². The summed E-state index contributed by atoms with van der Waals surface area (Å²) in [6.45, 7) is 0. The predicted octanol–water partition coefficient (Wildman–Crippen LogP) is 3.01. The molecule has 0 aliphatic rings. The van der Waals surface area contributed by atoms with Gasteiger partial charge in [0.1, 0.15) is 17.2 Å². The summed E-state index contributed by atoms with van der Waals surface area (Å²) in [5.41, 5.74) is 5.13. The summed E-state index contributed by atoms with van der Waals surface area (Å²) in [6.07, 6.45) is 3.20. The average molecular weight is 365 g/mol. The van der Waals surface area contributed by atoms with E-state index < -0.39 is 0 Å². The molecule has 0 unspecified atom stereocenters. The number of anilines is 1. The highest BCUT2D eigenvalue weighted by Gasteiger charge is 2.05. The molecule has 0 saturated carbocycles. The van der Waals surface area contributed by atoms with Gasteiger partial charge in [0.05, 0.1) is 39.4 Å². The molecule has 27 heavy (non-hydrogen) atoms. The van der Waals surface area contributed by atoms with Crippen LogP contribution in [0.15, 0.2) is 53.8 Å². The second-order valence-corrected chi connectivity index (χ2v) is 5.37. The number of hydrogen-bond donors (Lipinski definition) is 1. The Morgan fingerprint density at radius 3 is 2.37 bits per heavy atom. The minimum absolute atomic E-state index is 0.284. The van der Waals surface area contributed by atoms with Crippen LogP contribution in [0.25, 0.3) is 11.3 Å². The largest absolute Gasteiger partial charge is 0.497 e. The molecule has 2 aromatic carbocycles. The molecule has 0 amide bonds. The van der Waals surface area contributed by atoms with E-state index in [0.717, 1.165) is 16.9 Å². The first kappa shape index (κ1) is 18.1. The predicted molar refractivity (Wildman–Crippen MR) is 103 cm³/mol. The Morgan fingerprint density at radius 2 is 1.67 bits per heavy atom. The van der Waals surface area contributed by atoms with E-state index in [0.29, 0.717) is 17.2 Å². The Labute approximate surface area is 156 Å². The van der Waals surface area contributed by atoms with Crippen LogP contribution in [0.2, 0.25) is 0 Å². The van der Waals surface area contributed by atoms with Gasteiger partial charge in [-0.15, -0.1) is 5.10 Å². The van der Waals surface area contributed by atoms with Crippen LogP contribution in [0, 0.1) is 0 Å². The number of benzene rings is 2. The Balaban J connectivity index is 1.74. The van der Waals surface area contributed by atoms with Gasteiger partial charge in [-0.3, -0.25) is 0 Å². The number of nitrogens with one attached hydrogen (secondary N) is 1. The highest BCUT2D eigenvalue weighted by atomic mass is 16.5. The van der Waals surface area contributed by atoms with Gasteiger partial charge >= 0.3 is 0 Å². The standard InChI is InChI=1S/C19H19N5O3/c1-25-15-7-4-13(5-8-15)17-12-21-24-19(22-17)23-20-11-14-6-9-16(26-2)10-18(14)27-3/h4-12H,1-3H3,(H,22,23,24)/b20-11+. The van der Waals surface area contributed by atoms with Gasteiger partial charge in [0, 0.05) is 17.2 Å². The lowest BCUT2D eigenvalue weighted by Gasteiger charge is -2.07. The molecule has 0 aliphatic carbocycles. The maximum atomic E-state index is 5.33. The van der Waals surface area contributed by atoms with E-state index >= 15 is 0 Å². The van der Waals surface area contributed by atoms with Crippen molar-refractivity contribution in [2.45, 2.75) is 0 Å². The summed E-state index contributed by atoms with van der Waals surface area (Å²) >= 11 is 0. The van der Waals surface area contributed by atoms with Crippen LogP contribution >= 0.6 is 0 Å². The molecular weight excluding hydrogens is 346 g/mol. The molecule has 0 saturated heterocycles. The lowest BCUT2D eigenvalue weighted by atomic mass is 10.1. The van der Waals surface area contributed by atoms with Crippen LogP contribution < -0.4 is 19.6 Å². The molecule has 138 valence electrons. The molecule has 0 bridgehead atoms. The first-order valence-corrected chi connectivity index (χ1v) is 8.08. The highest BCUT2D eigenvalue weighted by Crippen LogP contribution is 2.23. The van der Waals surface area contributed by atoms with E-state index in [1.54, 1.807) is 39.8 Å². The second-order valence-electron chi connectivity index (χ2n) is 5.37. The van der Waals surface area contributed by atoms with Gasteiger partial charge in [-0.05, 0) is 36.4 Å². The molecule has 0 spiro atoms. The van der Waals surface area contributed by atoms with Crippen LogP contribution in [0.3, 0.4) is 0 Å². The van der Waals surface area contributed by atoms with Gasteiger partial charge in [0.15, 0.2) is 0 Å². The van der Waals surface area contributed by atoms with E-state index in [2.05, 4.69) is 25.7 Å². The lowest BCUT2D eigenvalue weighted by molar-refractivity contribution is 0.394. The minimum Gasteiger partial charge on any atom is -0.497 e. The third kappa shape index (κ3) is 4.49. The van der Waals surface area contributed by atoms with Gasteiger partial charge < -0.3 is 14.2 Å². The van der Waals surface area contributed by atoms with Crippen molar-refractivity contribution in [1.82, 2.24) is 15.2 Å². The maximum absolute atomic E-state index is 5.33. The Hall–Kier alpha value is -3.68. The van der Waals surface area contributed by atoms with Crippen molar-refractivity contribution in [2.24, 2.45) is 5.10 Å². The first-order chi connectivity index (χ1) is 13.2. The summed E-state index contributed by atoms with van der Waals surface area (Å²) in [5.74, 6) is 2.41. The van der Waals surface area contributed by atoms with Crippen molar-refractivity contribution in [1.29, 1.82) is 0 Å². The SMILES string of the molecule is COc1ccc(-c2cnnc(N/N=C/c3ccc(OC)cc3OC)n2)cc1. The number of methoxy groups -OCH3 is 3. The van der Waals surface area contributed by atoms with Crippen LogP contribution in [-0.4, -0.2) is 42.7 Å². The van der Waals surface area contributed by atoms with Gasteiger partial charge in [0.2, 0.25) is 0 Å². The quantitative estimate of drug-likeness (QED) is 0.508. The fourth-order valence-corrected chi connectivity index (χ4v) is 2.34. The summed E-state index contributed by atoms with van der Waals surface area (Å²) in [4.78, 5) is 4.41. The van der Waals surface area contributed by atoms with E-state index in [1.807, 2.05) is 36.4 Å². The van der Waals surface area contributed by atoms with E-state index in [-0.39, 0.29) is 5.95 Å². The third-order valence-electron chi connectivity index (χ3n) is 3.75. The molecular formula is C19H19N5O3. The number of rotatable bonds is 7. The number of ether oxygens (including phenoxy) is 3. The van der Waals surface area contributed by atoms with Crippen molar-refractivity contribution in [3.05, 3.63) is 54.2 Å². The molecule has 1 aromatic heterocycles. The zero-order valence-electron chi connectivity index (χ0n) is 15.2. The molecule has 8 nitrogen and oxygen atoms in total. The van der Waals surface area contributed by atoms with Crippen LogP contribution in [0.5, 0.6) is 17.2 Å². The number of nitrogens with zero attached hydrogens (tertiary/aromatic N) is 4. The van der Waals surface area contributed by atoms with Crippen LogP contribution in [0.1, 0.15) is 5.56 Å². The van der Waals surface area contributed by atoms with Gasteiger partial charge in [-0.2, -0.15) is 10.2 Å². The highest BCUT2D eigenvalue weighted by molar-refractivity contribution is 5.84. The maximum Gasteiger partial charge on any atom is 0.263 e. The summed E-state index contributed by atoms with van der Waals surface area (Å²) in [5, 5.41) is 12.1. The summed E-state index contributed by atoms with van der Waals surface area (Å²) in [7, 11) is 4.81. The zero-order valence-corrected chi connectivity index (χ0v) is 15.2. The molecule has 3 rings (SSSR count). The van der Waals surface area contributed by atoms with Crippen molar-refractivity contribution in [3.8, 4) is 28.5 Å². The number of hydrazone groups is 1. The molecule has 0 radical (unpaired) electrons. The molecule has 8 heteroatoms. The third-order valence-corrected chi connectivity index (χ3v) is 3.75. The van der Waals surface area contributed by atoms with Crippen molar-refractivity contribution in [3.63, 3.8) is 0 Å². The van der Waals surface area contributed by atoms with E-state index in [1.165, 1.54) is 0 Å². The molecule has 1 heterocycles. The van der Waals surface area contributed by atoms with Gasteiger partial charge in [0.25, 0.3) is 5.95 Å². The Kier molecular flexibility index (Phi) is 5.78. The van der Waals surface area contributed by atoms with E-state index in [9.17, 15) is 0 Å². The Bertz CT molecular complexity index is 929. The Morgan fingerprint density at radius 1 is 0.926 bits per heavy atom. The fraction of sp³-hybridized carbons (Fsp3) is 0.158. The van der Waals surface area contributed by atoms with Gasteiger partial charge in [-0.25, -0.2) is 10.4 Å². The molecule has 3 aromatic rings. The molecule has 0 aliphatic heterocycles. The summed E-state index contributed by atoms with van der Waals surface area (Å²) < 4.78 is 15.7. The molecule has 0 atom stereocenters. The fourth-order valence-electron chi connectivity index (χ4n) is 2.34. The number of aromatic nitrogens is 3. The monoisotopic (exact) mass is 365 g/mol. The van der Waals surface area contributed by atoms with Crippen LogP contribution in [0.4, 0.5) is 5.95 Å². The van der Waals surface area contributed by atoms with E-state index in [4.69, 9.17) is 14.2 Å². The summed E-state index contributed by atoms with van der Waals surface area (Å²) in [6, 6.07) is 13.0. The smallest absolute Gasteiger partial charge is 0.263 e. The lowest BCUT2D eigenvalue weighted by Crippen LogP contribution is -2.00. The minimum atomic E-state index is 0.284.